The van der Waals surface area contributed by atoms with Gasteiger partial charge in [-0.2, -0.15) is 0 Å². The van der Waals surface area contributed by atoms with E-state index in [0.29, 0.717) is 18.0 Å². The summed E-state index contributed by atoms with van der Waals surface area (Å²) in [4.78, 5) is 11.7. The van der Waals surface area contributed by atoms with E-state index >= 15 is 0 Å². The van der Waals surface area contributed by atoms with Crippen LogP contribution in [0.3, 0.4) is 0 Å². The van der Waals surface area contributed by atoms with E-state index in [9.17, 15) is 9.90 Å². The maximum Gasteiger partial charge on any atom is 0.228 e. The Labute approximate surface area is 101 Å². The van der Waals surface area contributed by atoms with Gasteiger partial charge in [0.15, 0.2) is 0 Å². The standard InChI is InChI=1S/C12H18N2O3/c1-8(7-13-2)12(16)14-10-5-4-9(17-3)6-11(10)15/h4-6,8,13,15H,7H2,1-3H3,(H,14,16). The molecule has 0 spiro atoms. The molecular weight excluding hydrogens is 220 g/mol. The van der Waals surface area contributed by atoms with Gasteiger partial charge in [0.1, 0.15) is 11.5 Å². The number of hydrogen-bond donors (Lipinski definition) is 3. The number of amides is 1. The minimum absolute atomic E-state index is 0.00522. The van der Waals surface area contributed by atoms with Crippen LogP contribution in [-0.2, 0) is 4.79 Å². The maximum absolute atomic E-state index is 11.7. The molecule has 0 aliphatic carbocycles. The van der Waals surface area contributed by atoms with Crippen LogP contribution in [0.4, 0.5) is 5.69 Å². The molecule has 1 aromatic rings. The lowest BCUT2D eigenvalue weighted by Gasteiger charge is -2.13. The Morgan fingerprint density at radius 2 is 2.24 bits per heavy atom. The van der Waals surface area contributed by atoms with Gasteiger partial charge in [-0.25, -0.2) is 0 Å². The molecule has 0 fully saturated rings. The molecule has 0 heterocycles. The second-order valence-electron chi connectivity index (χ2n) is 3.83. The van der Waals surface area contributed by atoms with Gasteiger partial charge in [-0.1, -0.05) is 6.92 Å². The summed E-state index contributed by atoms with van der Waals surface area (Å²) in [5, 5.41) is 15.3. The van der Waals surface area contributed by atoms with Gasteiger partial charge in [-0.05, 0) is 19.2 Å². The molecule has 1 atom stereocenters. The summed E-state index contributed by atoms with van der Waals surface area (Å²) in [6, 6.07) is 4.74. The van der Waals surface area contributed by atoms with Gasteiger partial charge in [0, 0.05) is 18.5 Å². The van der Waals surface area contributed by atoms with Crippen molar-refractivity contribution >= 4 is 11.6 Å². The number of carbonyl (C=O) groups excluding carboxylic acids is 1. The number of rotatable bonds is 5. The van der Waals surface area contributed by atoms with E-state index in [-0.39, 0.29) is 17.6 Å². The summed E-state index contributed by atoms with van der Waals surface area (Å²) in [6.45, 7) is 2.40. The fourth-order valence-electron chi connectivity index (χ4n) is 1.40. The van der Waals surface area contributed by atoms with E-state index in [4.69, 9.17) is 4.74 Å². The number of nitrogens with one attached hydrogen (secondary N) is 2. The summed E-state index contributed by atoms with van der Waals surface area (Å²) in [7, 11) is 3.30. The number of methoxy groups -OCH3 is 1. The molecule has 0 saturated carbocycles. The Morgan fingerprint density at radius 3 is 2.76 bits per heavy atom. The molecular formula is C12H18N2O3. The van der Waals surface area contributed by atoms with Crippen LogP contribution < -0.4 is 15.4 Å². The molecule has 1 aromatic carbocycles. The second-order valence-corrected chi connectivity index (χ2v) is 3.83. The van der Waals surface area contributed by atoms with Gasteiger partial charge in [0.2, 0.25) is 5.91 Å². The van der Waals surface area contributed by atoms with Gasteiger partial charge < -0.3 is 20.5 Å². The van der Waals surface area contributed by atoms with Crippen molar-refractivity contribution in [2.45, 2.75) is 6.92 Å². The van der Waals surface area contributed by atoms with E-state index in [1.54, 1.807) is 19.2 Å². The number of phenols is 1. The summed E-state index contributed by atoms with van der Waals surface area (Å²) in [5.74, 6) is 0.236. The monoisotopic (exact) mass is 238 g/mol. The Bertz CT molecular complexity index is 393. The number of ether oxygens (including phenoxy) is 1. The third-order valence-corrected chi connectivity index (χ3v) is 2.42. The molecule has 0 aromatic heterocycles. The van der Waals surface area contributed by atoms with Crippen LogP contribution >= 0.6 is 0 Å². The number of anilines is 1. The zero-order valence-electron chi connectivity index (χ0n) is 10.3. The van der Waals surface area contributed by atoms with Gasteiger partial charge in [-0.3, -0.25) is 4.79 Å². The lowest BCUT2D eigenvalue weighted by atomic mass is 10.1. The maximum atomic E-state index is 11.7. The summed E-state index contributed by atoms with van der Waals surface area (Å²) in [5.41, 5.74) is 0.388. The van der Waals surface area contributed by atoms with Crippen molar-refractivity contribution < 1.29 is 14.6 Å². The van der Waals surface area contributed by atoms with Crippen LogP contribution in [-0.4, -0.2) is 31.7 Å². The molecule has 5 heteroatoms. The Hall–Kier alpha value is -1.75. The van der Waals surface area contributed by atoms with Gasteiger partial charge in [-0.15, -0.1) is 0 Å². The number of aromatic hydroxyl groups is 1. The first-order valence-electron chi connectivity index (χ1n) is 5.41. The lowest BCUT2D eigenvalue weighted by Crippen LogP contribution is -2.28. The molecule has 1 amide bonds. The van der Waals surface area contributed by atoms with Crippen molar-refractivity contribution in [3.8, 4) is 11.5 Å². The molecule has 17 heavy (non-hydrogen) atoms. The Morgan fingerprint density at radius 1 is 1.53 bits per heavy atom. The highest BCUT2D eigenvalue weighted by Crippen LogP contribution is 2.28. The highest BCUT2D eigenvalue weighted by molar-refractivity contribution is 5.93. The van der Waals surface area contributed by atoms with E-state index in [1.165, 1.54) is 13.2 Å². The van der Waals surface area contributed by atoms with Crippen LogP contribution in [0.25, 0.3) is 0 Å². The predicted octanol–water partition coefficient (Wildman–Crippen LogP) is 1.19. The molecule has 0 aliphatic rings. The molecule has 1 rings (SSSR count). The normalized spacial score (nSPS) is 11.9. The minimum Gasteiger partial charge on any atom is -0.506 e. The Kier molecular flexibility index (Phi) is 4.78. The van der Waals surface area contributed by atoms with Crippen molar-refractivity contribution in [3.63, 3.8) is 0 Å². The zero-order valence-corrected chi connectivity index (χ0v) is 10.3. The highest BCUT2D eigenvalue weighted by Gasteiger charge is 2.13. The largest absolute Gasteiger partial charge is 0.506 e. The molecule has 3 N–H and O–H groups in total. The van der Waals surface area contributed by atoms with E-state index in [1.807, 2.05) is 6.92 Å². The average Bonchev–Trinajstić information content (AvgIpc) is 2.31. The van der Waals surface area contributed by atoms with E-state index in [0.717, 1.165) is 0 Å². The van der Waals surface area contributed by atoms with E-state index in [2.05, 4.69) is 10.6 Å². The predicted molar refractivity (Wildman–Crippen MR) is 66.4 cm³/mol. The molecule has 0 saturated heterocycles. The lowest BCUT2D eigenvalue weighted by molar-refractivity contribution is -0.119. The third-order valence-electron chi connectivity index (χ3n) is 2.42. The molecule has 5 nitrogen and oxygen atoms in total. The van der Waals surface area contributed by atoms with Crippen molar-refractivity contribution in [2.24, 2.45) is 5.92 Å². The van der Waals surface area contributed by atoms with Gasteiger partial charge in [0.25, 0.3) is 0 Å². The fourth-order valence-corrected chi connectivity index (χ4v) is 1.40. The molecule has 1 unspecified atom stereocenters. The summed E-state index contributed by atoms with van der Waals surface area (Å²) in [6.07, 6.45) is 0. The smallest absolute Gasteiger partial charge is 0.228 e. The van der Waals surface area contributed by atoms with Crippen molar-refractivity contribution in [1.29, 1.82) is 0 Å². The number of benzene rings is 1. The van der Waals surface area contributed by atoms with Crippen molar-refractivity contribution in [3.05, 3.63) is 18.2 Å². The van der Waals surface area contributed by atoms with Crippen molar-refractivity contribution in [1.82, 2.24) is 5.32 Å². The Balaban J connectivity index is 2.71. The van der Waals surface area contributed by atoms with Gasteiger partial charge >= 0.3 is 0 Å². The van der Waals surface area contributed by atoms with Crippen LogP contribution in [0.1, 0.15) is 6.92 Å². The van der Waals surface area contributed by atoms with Crippen LogP contribution in [0.5, 0.6) is 11.5 Å². The first-order chi connectivity index (χ1) is 8.08. The van der Waals surface area contributed by atoms with E-state index < -0.39 is 0 Å². The molecule has 94 valence electrons. The van der Waals surface area contributed by atoms with Gasteiger partial charge in [0.05, 0.1) is 12.8 Å². The molecule has 0 aliphatic heterocycles. The van der Waals surface area contributed by atoms with Crippen LogP contribution in [0.2, 0.25) is 0 Å². The van der Waals surface area contributed by atoms with Crippen LogP contribution in [0.15, 0.2) is 18.2 Å². The summed E-state index contributed by atoms with van der Waals surface area (Å²) < 4.78 is 4.96. The number of carbonyl (C=O) groups is 1. The highest BCUT2D eigenvalue weighted by atomic mass is 16.5. The van der Waals surface area contributed by atoms with Crippen molar-refractivity contribution in [2.75, 3.05) is 26.0 Å². The second kappa shape index (κ2) is 6.10. The average molecular weight is 238 g/mol. The number of phenolic OH excluding ortho intramolecular Hbond substituents is 1. The van der Waals surface area contributed by atoms with Crippen LogP contribution in [0, 0.1) is 5.92 Å². The minimum atomic E-state index is -0.165. The first kappa shape index (κ1) is 13.3. The fraction of sp³-hybridized carbons (Fsp3) is 0.417. The quantitative estimate of drug-likeness (QED) is 0.674. The topological polar surface area (TPSA) is 70.6 Å². The third kappa shape index (κ3) is 3.64. The number of hydrogen-bond acceptors (Lipinski definition) is 4. The molecule has 0 bridgehead atoms. The SMILES string of the molecule is CNCC(C)C(=O)Nc1ccc(OC)cc1O. The molecule has 0 radical (unpaired) electrons. The summed E-state index contributed by atoms with van der Waals surface area (Å²) >= 11 is 0. The first-order valence-corrected chi connectivity index (χ1v) is 5.41. The zero-order chi connectivity index (χ0) is 12.8.